The number of carbonyl (C=O) groups excluding carboxylic acids is 1. The van der Waals surface area contributed by atoms with Gasteiger partial charge in [-0.1, -0.05) is 17.7 Å². The van der Waals surface area contributed by atoms with Crippen LogP contribution in [0, 0.1) is 0 Å². The van der Waals surface area contributed by atoms with E-state index < -0.39 is 18.7 Å². The van der Waals surface area contributed by atoms with Crippen LogP contribution in [-0.2, 0) is 6.54 Å². The van der Waals surface area contributed by atoms with Crippen molar-refractivity contribution in [2.45, 2.75) is 25.6 Å². The highest BCUT2D eigenvalue weighted by atomic mass is 35.5. The molecule has 2 aromatic rings. The van der Waals surface area contributed by atoms with Crippen LogP contribution in [0.15, 0.2) is 24.5 Å². The number of amides is 1. The van der Waals surface area contributed by atoms with Gasteiger partial charge in [0.1, 0.15) is 0 Å². The Morgan fingerprint density at radius 1 is 1.29 bits per heavy atom. The number of nitrogens with one attached hydrogen (secondary N) is 1. The maximum atomic E-state index is 12.5. The van der Waals surface area contributed by atoms with Crippen molar-refractivity contribution in [1.29, 1.82) is 0 Å². The largest absolute Gasteiger partial charge is 0.468 e. The molecule has 1 fully saturated rings. The molecule has 0 saturated carbocycles. The van der Waals surface area contributed by atoms with Gasteiger partial charge in [0.25, 0.3) is 5.91 Å². The van der Waals surface area contributed by atoms with Crippen molar-refractivity contribution in [3.8, 4) is 5.88 Å². The zero-order valence-electron chi connectivity index (χ0n) is 14.7. The Balaban J connectivity index is 1.68. The fourth-order valence-corrected chi connectivity index (χ4v) is 2.86. The normalized spacial score (nSPS) is 14.2. The summed E-state index contributed by atoms with van der Waals surface area (Å²) in [4.78, 5) is 26.6. The monoisotopic (exact) mass is 415 g/mol. The molecule has 1 aliphatic rings. The number of alkyl halides is 3. The average Bonchev–Trinajstić information content (AvgIpc) is 3.19. The second-order valence-electron chi connectivity index (χ2n) is 6.11. The third-order valence-electron chi connectivity index (χ3n) is 4.00. The SMILES string of the molecule is O=C(NCc1cccnc1OCC(F)(F)F)c1nc(N2CCCC2)ncc1Cl. The highest BCUT2D eigenvalue weighted by molar-refractivity contribution is 6.33. The van der Waals surface area contributed by atoms with Crippen molar-refractivity contribution in [3.05, 3.63) is 40.8 Å². The predicted molar refractivity (Wildman–Crippen MR) is 95.4 cm³/mol. The van der Waals surface area contributed by atoms with Crippen molar-refractivity contribution in [2.75, 3.05) is 24.6 Å². The lowest BCUT2D eigenvalue weighted by molar-refractivity contribution is -0.154. The van der Waals surface area contributed by atoms with Crippen LogP contribution in [0.2, 0.25) is 5.02 Å². The van der Waals surface area contributed by atoms with Gasteiger partial charge in [0.15, 0.2) is 12.3 Å². The van der Waals surface area contributed by atoms with E-state index in [9.17, 15) is 18.0 Å². The van der Waals surface area contributed by atoms with Gasteiger partial charge in [0, 0.05) is 31.4 Å². The van der Waals surface area contributed by atoms with Crippen molar-refractivity contribution >= 4 is 23.5 Å². The number of nitrogens with zero attached hydrogens (tertiary/aromatic N) is 4. The Morgan fingerprint density at radius 2 is 2.04 bits per heavy atom. The van der Waals surface area contributed by atoms with Gasteiger partial charge in [0.05, 0.1) is 11.2 Å². The van der Waals surface area contributed by atoms with Gasteiger partial charge in [-0.15, -0.1) is 0 Å². The first-order valence-corrected chi connectivity index (χ1v) is 8.90. The standard InChI is InChI=1S/C17H17ClF3N5O2/c18-12-9-24-16(26-6-1-2-7-26)25-13(12)14(27)23-8-11-4-3-5-22-15(11)28-10-17(19,20)21/h3-5,9H,1-2,6-8,10H2,(H,23,27). The Bertz CT molecular complexity index is 844. The molecule has 0 atom stereocenters. The van der Waals surface area contributed by atoms with Crippen LogP contribution >= 0.6 is 11.6 Å². The molecule has 0 spiro atoms. The fraction of sp³-hybridized carbons (Fsp3) is 0.412. The summed E-state index contributed by atoms with van der Waals surface area (Å²) in [6.07, 6.45) is 0.225. The first-order valence-electron chi connectivity index (χ1n) is 8.52. The van der Waals surface area contributed by atoms with Crippen LogP contribution in [0.5, 0.6) is 5.88 Å². The number of rotatable bonds is 6. The van der Waals surface area contributed by atoms with Crippen LogP contribution in [0.25, 0.3) is 0 Å². The summed E-state index contributed by atoms with van der Waals surface area (Å²) in [5.41, 5.74) is 0.297. The van der Waals surface area contributed by atoms with Gasteiger partial charge in [-0.25, -0.2) is 15.0 Å². The summed E-state index contributed by atoms with van der Waals surface area (Å²) in [5, 5.41) is 2.66. The molecule has 11 heteroatoms. The lowest BCUT2D eigenvalue weighted by Gasteiger charge is -2.16. The molecule has 150 valence electrons. The molecule has 3 rings (SSSR count). The quantitative estimate of drug-likeness (QED) is 0.781. The zero-order valence-corrected chi connectivity index (χ0v) is 15.4. The maximum Gasteiger partial charge on any atom is 0.422 e. The average molecular weight is 416 g/mol. The molecule has 3 heterocycles. The number of hydrogen-bond acceptors (Lipinski definition) is 6. The van der Waals surface area contributed by atoms with Gasteiger partial charge in [0.2, 0.25) is 11.8 Å². The van der Waals surface area contributed by atoms with Gasteiger partial charge < -0.3 is 15.0 Å². The molecule has 7 nitrogen and oxygen atoms in total. The summed E-state index contributed by atoms with van der Waals surface area (Å²) < 4.78 is 41.8. The van der Waals surface area contributed by atoms with Crippen molar-refractivity contribution in [1.82, 2.24) is 20.3 Å². The number of aromatic nitrogens is 3. The van der Waals surface area contributed by atoms with Crippen LogP contribution < -0.4 is 15.0 Å². The summed E-state index contributed by atoms with van der Waals surface area (Å²) in [7, 11) is 0. The van der Waals surface area contributed by atoms with Crippen molar-refractivity contribution in [2.24, 2.45) is 0 Å². The summed E-state index contributed by atoms with van der Waals surface area (Å²) in [6, 6.07) is 3.04. The molecule has 0 radical (unpaired) electrons. The van der Waals surface area contributed by atoms with Crippen LogP contribution in [-0.4, -0.2) is 46.7 Å². The van der Waals surface area contributed by atoms with E-state index in [2.05, 4.69) is 20.3 Å². The number of pyridine rings is 1. The van der Waals surface area contributed by atoms with Gasteiger partial charge in [-0.3, -0.25) is 4.79 Å². The van der Waals surface area contributed by atoms with E-state index >= 15 is 0 Å². The highest BCUT2D eigenvalue weighted by Gasteiger charge is 2.29. The topological polar surface area (TPSA) is 80.2 Å². The lowest BCUT2D eigenvalue weighted by Crippen LogP contribution is -2.27. The van der Waals surface area contributed by atoms with Crippen molar-refractivity contribution in [3.63, 3.8) is 0 Å². The van der Waals surface area contributed by atoms with E-state index in [0.717, 1.165) is 25.9 Å². The lowest BCUT2D eigenvalue weighted by atomic mass is 10.2. The molecule has 0 unspecified atom stereocenters. The molecule has 0 bridgehead atoms. The number of ether oxygens (including phenoxy) is 1. The second-order valence-corrected chi connectivity index (χ2v) is 6.52. The van der Waals surface area contributed by atoms with Crippen LogP contribution in [0.3, 0.4) is 0 Å². The Hall–Kier alpha value is -2.62. The Kier molecular flexibility index (Phi) is 6.18. The summed E-state index contributed by atoms with van der Waals surface area (Å²) >= 11 is 6.04. The number of carbonyl (C=O) groups is 1. The molecule has 0 aliphatic carbocycles. The van der Waals surface area contributed by atoms with Crippen LogP contribution in [0.4, 0.5) is 19.1 Å². The minimum absolute atomic E-state index is 0.000201. The molecular weight excluding hydrogens is 399 g/mol. The highest BCUT2D eigenvalue weighted by Crippen LogP contribution is 2.22. The van der Waals surface area contributed by atoms with Crippen LogP contribution in [0.1, 0.15) is 28.9 Å². The third kappa shape index (κ3) is 5.22. The van der Waals surface area contributed by atoms with Gasteiger partial charge in [-0.05, 0) is 18.9 Å². The molecular formula is C17H17ClF3N5O2. The van der Waals surface area contributed by atoms with E-state index in [0.29, 0.717) is 11.5 Å². The molecule has 1 N–H and O–H groups in total. The number of anilines is 1. The molecule has 0 aromatic carbocycles. The van der Waals surface area contributed by atoms with Crippen molar-refractivity contribution < 1.29 is 22.7 Å². The maximum absolute atomic E-state index is 12.5. The van der Waals surface area contributed by atoms with E-state index in [-0.39, 0.29) is 23.1 Å². The van der Waals surface area contributed by atoms with E-state index in [4.69, 9.17) is 16.3 Å². The molecule has 28 heavy (non-hydrogen) atoms. The molecule has 1 aliphatic heterocycles. The Morgan fingerprint density at radius 3 is 2.75 bits per heavy atom. The summed E-state index contributed by atoms with van der Waals surface area (Å²) in [5.74, 6) is -0.354. The van der Waals surface area contributed by atoms with E-state index in [1.807, 2.05) is 4.90 Å². The zero-order chi connectivity index (χ0) is 20.1. The van der Waals surface area contributed by atoms with Gasteiger partial charge in [-0.2, -0.15) is 13.2 Å². The number of hydrogen-bond donors (Lipinski definition) is 1. The first-order chi connectivity index (χ1) is 13.3. The molecule has 2 aromatic heterocycles. The van der Waals surface area contributed by atoms with Gasteiger partial charge >= 0.3 is 6.18 Å². The van der Waals surface area contributed by atoms with E-state index in [1.165, 1.54) is 24.5 Å². The molecule has 1 saturated heterocycles. The second kappa shape index (κ2) is 8.59. The fourth-order valence-electron chi connectivity index (χ4n) is 2.68. The first kappa shape index (κ1) is 20.1. The smallest absolute Gasteiger partial charge is 0.422 e. The Labute approximate surface area is 163 Å². The predicted octanol–water partition coefficient (Wildman–Crippen LogP) is 3.00. The minimum atomic E-state index is -4.49. The molecule has 1 amide bonds. The minimum Gasteiger partial charge on any atom is -0.468 e. The third-order valence-corrected chi connectivity index (χ3v) is 4.27. The summed E-state index contributed by atoms with van der Waals surface area (Å²) in [6.45, 7) is 0.0394. The van der Waals surface area contributed by atoms with E-state index in [1.54, 1.807) is 0 Å². The number of halogens is 4.